The lowest BCUT2D eigenvalue weighted by atomic mass is 9.96. The molecule has 1 atom stereocenters. The molecule has 3 aromatic rings. The van der Waals surface area contributed by atoms with E-state index >= 15 is 0 Å². The van der Waals surface area contributed by atoms with E-state index in [2.05, 4.69) is 19.2 Å². The quantitative estimate of drug-likeness (QED) is 0.616. The largest absolute Gasteiger partial charge is 0.322 e. The van der Waals surface area contributed by atoms with Crippen LogP contribution in [0.3, 0.4) is 0 Å². The molecule has 0 aliphatic carbocycles. The van der Waals surface area contributed by atoms with E-state index in [0.29, 0.717) is 22.6 Å². The summed E-state index contributed by atoms with van der Waals surface area (Å²) in [7, 11) is -3.84. The van der Waals surface area contributed by atoms with Crippen LogP contribution in [0.5, 0.6) is 0 Å². The molecule has 0 radical (unpaired) electrons. The van der Waals surface area contributed by atoms with Gasteiger partial charge in [0, 0.05) is 16.8 Å². The van der Waals surface area contributed by atoms with E-state index in [4.69, 9.17) is 5.14 Å². The summed E-state index contributed by atoms with van der Waals surface area (Å²) in [6.07, 6.45) is 0.977. The molecule has 0 aliphatic rings. The van der Waals surface area contributed by atoms with Gasteiger partial charge in [0.1, 0.15) is 0 Å². The number of hydrogen-bond acceptors (Lipinski definition) is 3. The molecule has 3 N–H and O–H groups in total. The fraction of sp³-hybridized carbons (Fsp3) is 0.174. The molecule has 29 heavy (non-hydrogen) atoms. The van der Waals surface area contributed by atoms with Gasteiger partial charge >= 0.3 is 0 Å². The maximum absolute atomic E-state index is 12.7. The Morgan fingerprint density at radius 1 is 0.966 bits per heavy atom. The van der Waals surface area contributed by atoms with E-state index in [0.717, 1.165) is 17.7 Å². The highest BCUT2D eigenvalue weighted by atomic mass is 32.2. The van der Waals surface area contributed by atoms with E-state index in [1.54, 1.807) is 42.5 Å². The Morgan fingerprint density at radius 3 is 2.24 bits per heavy atom. The molecule has 1 unspecified atom stereocenters. The van der Waals surface area contributed by atoms with Crippen LogP contribution < -0.4 is 10.5 Å². The molecule has 1 amide bonds. The SMILES string of the molecule is CCC(C)c1ccccc1NC(=O)c1ccc(-c2ccccc2S(N)(=O)=O)cc1. The van der Waals surface area contributed by atoms with Crippen LogP contribution in [0.4, 0.5) is 5.69 Å². The number of nitrogens with one attached hydrogen (secondary N) is 1. The minimum atomic E-state index is -3.84. The van der Waals surface area contributed by atoms with Gasteiger partial charge in [-0.2, -0.15) is 0 Å². The van der Waals surface area contributed by atoms with Crippen LogP contribution in [-0.2, 0) is 10.0 Å². The number of anilines is 1. The predicted molar refractivity (Wildman–Crippen MR) is 116 cm³/mol. The smallest absolute Gasteiger partial charge is 0.255 e. The maximum Gasteiger partial charge on any atom is 0.255 e. The molecule has 0 aliphatic heterocycles. The first kappa shape index (κ1) is 20.8. The predicted octanol–water partition coefficient (Wildman–Crippen LogP) is 4.77. The summed E-state index contributed by atoms with van der Waals surface area (Å²) in [4.78, 5) is 12.8. The van der Waals surface area contributed by atoms with Gasteiger partial charge in [0.05, 0.1) is 4.90 Å². The molecule has 0 heterocycles. The minimum absolute atomic E-state index is 0.0553. The molecule has 0 saturated heterocycles. The lowest BCUT2D eigenvalue weighted by Gasteiger charge is -2.16. The van der Waals surface area contributed by atoms with Crippen molar-refractivity contribution >= 4 is 21.6 Å². The maximum atomic E-state index is 12.7. The molecule has 0 bridgehead atoms. The molecule has 0 fully saturated rings. The number of carbonyl (C=O) groups excluding carboxylic acids is 1. The highest BCUT2D eigenvalue weighted by Crippen LogP contribution is 2.28. The molecule has 0 aromatic heterocycles. The van der Waals surface area contributed by atoms with Crippen LogP contribution in [0.1, 0.15) is 42.1 Å². The molecule has 5 nitrogen and oxygen atoms in total. The summed E-state index contributed by atoms with van der Waals surface area (Å²) in [5.74, 6) is 0.121. The first-order chi connectivity index (χ1) is 13.8. The summed E-state index contributed by atoms with van der Waals surface area (Å²) in [6, 6.07) is 21.1. The Kier molecular flexibility index (Phi) is 6.15. The number of nitrogens with two attached hydrogens (primary N) is 1. The lowest BCUT2D eigenvalue weighted by Crippen LogP contribution is -2.14. The highest BCUT2D eigenvalue weighted by Gasteiger charge is 2.16. The number of primary sulfonamides is 1. The van der Waals surface area contributed by atoms with Gasteiger partial charge in [-0.1, -0.05) is 62.4 Å². The fourth-order valence-electron chi connectivity index (χ4n) is 3.21. The lowest BCUT2D eigenvalue weighted by molar-refractivity contribution is 0.102. The van der Waals surface area contributed by atoms with Gasteiger partial charge in [-0.3, -0.25) is 4.79 Å². The number of amides is 1. The van der Waals surface area contributed by atoms with Crippen LogP contribution in [-0.4, -0.2) is 14.3 Å². The van der Waals surface area contributed by atoms with E-state index in [1.165, 1.54) is 6.07 Å². The van der Waals surface area contributed by atoms with E-state index in [1.807, 2.05) is 24.3 Å². The Bertz CT molecular complexity index is 1120. The van der Waals surface area contributed by atoms with Crippen LogP contribution in [0.25, 0.3) is 11.1 Å². The number of hydrogen-bond donors (Lipinski definition) is 2. The number of benzene rings is 3. The average Bonchev–Trinajstić information content (AvgIpc) is 2.73. The zero-order chi connectivity index (χ0) is 21.0. The molecule has 6 heteroatoms. The summed E-state index contributed by atoms with van der Waals surface area (Å²) < 4.78 is 23.7. The van der Waals surface area contributed by atoms with Crippen molar-refractivity contribution in [1.82, 2.24) is 0 Å². The van der Waals surface area contributed by atoms with Gasteiger partial charge in [0.2, 0.25) is 10.0 Å². The Morgan fingerprint density at radius 2 is 1.59 bits per heavy atom. The minimum Gasteiger partial charge on any atom is -0.322 e. The summed E-state index contributed by atoms with van der Waals surface area (Å²) in [5.41, 5.74) is 3.56. The van der Waals surface area contributed by atoms with E-state index in [9.17, 15) is 13.2 Å². The topological polar surface area (TPSA) is 89.3 Å². The van der Waals surface area contributed by atoms with Crippen molar-refractivity contribution < 1.29 is 13.2 Å². The molecule has 3 rings (SSSR count). The molecular weight excluding hydrogens is 384 g/mol. The average molecular weight is 409 g/mol. The second-order valence-electron chi connectivity index (χ2n) is 6.97. The van der Waals surface area contributed by atoms with E-state index in [-0.39, 0.29) is 10.8 Å². The number of rotatable bonds is 6. The van der Waals surface area contributed by atoms with Crippen molar-refractivity contribution in [3.05, 3.63) is 83.9 Å². The third kappa shape index (κ3) is 4.72. The fourth-order valence-corrected chi connectivity index (χ4v) is 3.97. The molecule has 0 spiro atoms. The summed E-state index contributed by atoms with van der Waals surface area (Å²) in [6.45, 7) is 4.24. The van der Waals surface area contributed by atoms with Gasteiger partial charge in [0.15, 0.2) is 0 Å². The third-order valence-electron chi connectivity index (χ3n) is 5.00. The van der Waals surface area contributed by atoms with Gasteiger partial charge in [-0.25, -0.2) is 13.6 Å². The van der Waals surface area contributed by atoms with Gasteiger partial charge in [-0.15, -0.1) is 0 Å². The monoisotopic (exact) mass is 408 g/mol. The van der Waals surface area contributed by atoms with Gasteiger partial charge < -0.3 is 5.32 Å². The Hall–Kier alpha value is -2.96. The summed E-state index contributed by atoms with van der Waals surface area (Å²) >= 11 is 0. The molecular formula is C23H24N2O3S. The van der Waals surface area contributed by atoms with Crippen molar-refractivity contribution in [1.29, 1.82) is 0 Å². The molecule has 150 valence electrons. The van der Waals surface area contributed by atoms with E-state index < -0.39 is 10.0 Å². The van der Waals surface area contributed by atoms with Crippen molar-refractivity contribution in [2.24, 2.45) is 5.14 Å². The van der Waals surface area contributed by atoms with Crippen molar-refractivity contribution in [2.75, 3.05) is 5.32 Å². The van der Waals surface area contributed by atoms with Crippen LogP contribution >= 0.6 is 0 Å². The third-order valence-corrected chi connectivity index (χ3v) is 5.97. The number of sulfonamides is 1. The van der Waals surface area contributed by atoms with Crippen LogP contribution in [0.2, 0.25) is 0 Å². The normalized spacial score (nSPS) is 12.4. The van der Waals surface area contributed by atoms with Crippen molar-refractivity contribution in [2.45, 2.75) is 31.1 Å². The van der Waals surface area contributed by atoms with Gasteiger partial charge in [-0.05, 0) is 47.7 Å². The second-order valence-corrected chi connectivity index (χ2v) is 8.50. The number of para-hydroxylation sites is 1. The number of carbonyl (C=O) groups is 1. The van der Waals surface area contributed by atoms with Crippen LogP contribution in [0, 0.1) is 0 Å². The zero-order valence-corrected chi connectivity index (χ0v) is 17.2. The first-order valence-electron chi connectivity index (χ1n) is 9.43. The Balaban J connectivity index is 1.86. The zero-order valence-electron chi connectivity index (χ0n) is 16.4. The highest BCUT2D eigenvalue weighted by molar-refractivity contribution is 7.89. The molecule has 3 aromatic carbocycles. The van der Waals surface area contributed by atoms with Crippen LogP contribution in [0.15, 0.2) is 77.7 Å². The second kappa shape index (κ2) is 8.59. The molecule has 0 saturated carbocycles. The first-order valence-corrected chi connectivity index (χ1v) is 11.0. The Labute approximate surface area is 171 Å². The van der Waals surface area contributed by atoms with Crippen molar-refractivity contribution in [3.63, 3.8) is 0 Å². The van der Waals surface area contributed by atoms with Crippen molar-refractivity contribution in [3.8, 4) is 11.1 Å². The summed E-state index contributed by atoms with van der Waals surface area (Å²) in [5, 5.41) is 8.30. The standard InChI is InChI=1S/C23H24N2O3S/c1-3-16(2)19-8-4-6-10-21(19)25-23(26)18-14-12-17(13-15-18)20-9-5-7-11-22(20)29(24,27)28/h4-16H,3H2,1-2H3,(H,25,26)(H2,24,27,28). The van der Waals surface area contributed by atoms with Gasteiger partial charge in [0.25, 0.3) is 5.91 Å².